The smallest absolute Gasteiger partial charge is 0.218 e. The molecule has 0 atom stereocenters. The maximum Gasteiger partial charge on any atom is 0.218 e. The predicted octanol–water partition coefficient (Wildman–Crippen LogP) is 2.98. The van der Waals surface area contributed by atoms with Crippen molar-refractivity contribution in [1.29, 1.82) is 0 Å². The monoisotopic (exact) mass is 486 g/mol. The number of aliphatic imine (C=N–C) groups is 1. The quantitative estimate of drug-likeness (QED) is 0.340. The van der Waals surface area contributed by atoms with E-state index in [1.807, 2.05) is 37.3 Å². The lowest BCUT2D eigenvalue weighted by Crippen LogP contribution is -2.36. The molecule has 8 heteroatoms. The fraction of sp³-hybridized carbons (Fsp3) is 0.368. The molecule has 0 spiro atoms. The van der Waals surface area contributed by atoms with Gasteiger partial charge in [0.25, 0.3) is 0 Å². The van der Waals surface area contributed by atoms with Crippen molar-refractivity contribution >= 4 is 29.9 Å². The number of benzene rings is 1. The van der Waals surface area contributed by atoms with Gasteiger partial charge in [-0.3, -0.25) is 4.99 Å². The van der Waals surface area contributed by atoms with E-state index >= 15 is 0 Å². The molecule has 0 unspecified atom stereocenters. The lowest BCUT2D eigenvalue weighted by atomic mass is 10.2. The van der Waals surface area contributed by atoms with Crippen molar-refractivity contribution in [3.63, 3.8) is 0 Å². The van der Waals surface area contributed by atoms with E-state index < -0.39 is 0 Å². The molecule has 7 nitrogen and oxygen atoms in total. The number of hydrogen-bond donors (Lipinski definition) is 2. The van der Waals surface area contributed by atoms with Crippen molar-refractivity contribution in [3.8, 4) is 17.4 Å². The molecule has 0 aliphatic heterocycles. The van der Waals surface area contributed by atoms with Crippen LogP contribution in [0.5, 0.6) is 17.4 Å². The van der Waals surface area contributed by atoms with E-state index in [0.29, 0.717) is 31.5 Å². The fourth-order valence-electron chi connectivity index (χ4n) is 2.40. The van der Waals surface area contributed by atoms with Gasteiger partial charge in [0.2, 0.25) is 5.88 Å². The highest BCUT2D eigenvalue weighted by atomic mass is 127. The Morgan fingerprint density at radius 1 is 1.07 bits per heavy atom. The van der Waals surface area contributed by atoms with Crippen molar-refractivity contribution in [2.24, 2.45) is 4.99 Å². The Hall–Kier alpha value is -2.23. The summed E-state index contributed by atoms with van der Waals surface area (Å²) >= 11 is 0. The molecule has 2 rings (SSSR count). The second-order valence-electron chi connectivity index (χ2n) is 5.36. The minimum Gasteiger partial charge on any atom is -0.497 e. The van der Waals surface area contributed by atoms with E-state index in [2.05, 4.69) is 20.6 Å². The highest BCUT2D eigenvalue weighted by Gasteiger charge is 2.08. The minimum atomic E-state index is 0. The second kappa shape index (κ2) is 12.2. The second-order valence-corrected chi connectivity index (χ2v) is 5.36. The summed E-state index contributed by atoms with van der Waals surface area (Å²) in [6.07, 6.45) is 1.72. The zero-order valence-electron chi connectivity index (χ0n) is 16.1. The van der Waals surface area contributed by atoms with Crippen LogP contribution >= 0.6 is 24.0 Å². The van der Waals surface area contributed by atoms with Crippen LogP contribution < -0.4 is 24.8 Å². The molecular formula is C19H27IN4O3. The molecule has 0 saturated carbocycles. The number of nitrogens with one attached hydrogen (secondary N) is 2. The maximum absolute atomic E-state index is 5.54. The third-order valence-corrected chi connectivity index (χ3v) is 3.74. The minimum absolute atomic E-state index is 0. The van der Waals surface area contributed by atoms with E-state index in [9.17, 15) is 0 Å². The molecule has 0 amide bonds. The third-order valence-electron chi connectivity index (χ3n) is 3.74. The summed E-state index contributed by atoms with van der Waals surface area (Å²) in [6.45, 7) is 3.64. The van der Waals surface area contributed by atoms with E-state index in [4.69, 9.17) is 14.2 Å². The third kappa shape index (κ3) is 6.78. The summed E-state index contributed by atoms with van der Waals surface area (Å²) in [4.78, 5) is 8.50. The van der Waals surface area contributed by atoms with Crippen LogP contribution in [0.3, 0.4) is 0 Å². The zero-order valence-corrected chi connectivity index (χ0v) is 18.4. The molecule has 1 heterocycles. The number of methoxy groups -OCH3 is 2. The molecule has 2 N–H and O–H groups in total. The van der Waals surface area contributed by atoms with Gasteiger partial charge in [-0.2, -0.15) is 0 Å². The number of hydrogen-bond acceptors (Lipinski definition) is 5. The summed E-state index contributed by atoms with van der Waals surface area (Å²) in [7, 11) is 5.00. The van der Waals surface area contributed by atoms with Crippen molar-refractivity contribution in [2.75, 3.05) is 27.9 Å². The van der Waals surface area contributed by atoms with E-state index in [0.717, 1.165) is 22.6 Å². The Bertz CT molecular complexity index is 741. The van der Waals surface area contributed by atoms with Crippen molar-refractivity contribution in [2.45, 2.75) is 20.0 Å². The molecule has 1 aromatic carbocycles. The fourth-order valence-corrected chi connectivity index (χ4v) is 2.40. The number of ether oxygens (including phenoxy) is 3. The van der Waals surface area contributed by atoms with E-state index in [1.165, 1.54) is 0 Å². The zero-order chi connectivity index (χ0) is 18.8. The van der Waals surface area contributed by atoms with Crippen molar-refractivity contribution in [1.82, 2.24) is 15.6 Å². The normalized spacial score (nSPS) is 10.6. The van der Waals surface area contributed by atoms with Crippen LogP contribution in [0.1, 0.15) is 18.1 Å². The lowest BCUT2D eigenvalue weighted by Gasteiger charge is -2.15. The Morgan fingerprint density at radius 3 is 2.44 bits per heavy atom. The summed E-state index contributed by atoms with van der Waals surface area (Å²) in [6, 6.07) is 9.59. The molecule has 0 aliphatic rings. The maximum atomic E-state index is 5.54. The van der Waals surface area contributed by atoms with Gasteiger partial charge in [0.1, 0.15) is 11.5 Å². The van der Waals surface area contributed by atoms with Gasteiger partial charge in [0.05, 0.1) is 20.8 Å². The Morgan fingerprint density at radius 2 is 1.81 bits per heavy atom. The molecule has 148 valence electrons. The first-order valence-corrected chi connectivity index (χ1v) is 8.43. The number of halogens is 1. The SMILES string of the molecule is CCOc1ncccc1CNC(=NC)NCc1ccc(OC)cc1OC.I. The van der Waals surface area contributed by atoms with Crippen LogP contribution in [0.25, 0.3) is 0 Å². The number of rotatable bonds is 8. The van der Waals surface area contributed by atoms with Gasteiger partial charge in [-0.1, -0.05) is 6.07 Å². The van der Waals surface area contributed by atoms with E-state index in [-0.39, 0.29) is 24.0 Å². The Kier molecular flexibility index (Phi) is 10.3. The molecule has 0 saturated heterocycles. The first-order chi connectivity index (χ1) is 12.7. The van der Waals surface area contributed by atoms with Crippen molar-refractivity contribution < 1.29 is 14.2 Å². The molecule has 27 heavy (non-hydrogen) atoms. The average Bonchev–Trinajstić information content (AvgIpc) is 2.69. The van der Waals surface area contributed by atoms with Crippen LogP contribution in [0.4, 0.5) is 0 Å². The lowest BCUT2D eigenvalue weighted by molar-refractivity contribution is 0.322. The van der Waals surface area contributed by atoms with Gasteiger partial charge in [-0.05, 0) is 25.1 Å². The van der Waals surface area contributed by atoms with E-state index in [1.54, 1.807) is 27.5 Å². The number of guanidine groups is 1. The average molecular weight is 486 g/mol. The highest BCUT2D eigenvalue weighted by Crippen LogP contribution is 2.24. The molecule has 0 bridgehead atoms. The number of aromatic nitrogens is 1. The van der Waals surface area contributed by atoms with Gasteiger partial charge in [-0.15, -0.1) is 24.0 Å². The predicted molar refractivity (Wildman–Crippen MR) is 117 cm³/mol. The standard InChI is InChI=1S/C19H26N4O3.HI/c1-5-26-18-15(7-6-10-21-18)13-23-19(20-2)22-12-14-8-9-16(24-3)11-17(14)25-4;/h6-11H,5,12-13H2,1-4H3,(H2,20,22,23);1H. The Labute approximate surface area is 177 Å². The highest BCUT2D eigenvalue weighted by molar-refractivity contribution is 14.0. The van der Waals surface area contributed by atoms with Crippen LogP contribution in [0.2, 0.25) is 0 Å². The number of nitrogens with zero attached hydrogens (tertiary/aromatic N) is 2. The first kappa shape index (κ1) is 22.8. The molecule has 1 aromatic heterocycles. The largest absolute Gasteiger partial charge is 0.497 e. The molecule has 0 fully saturated rings. The summed E-state index contributed by atoms with van der Waals surface area (Å²) in [5.41, 5.74) is 1.98. The van der Waals surface area contributed by atoms with Gasteiger partial charge < -0.3 is 24.8 Å². The van der Waals surface area contributed by atoms with Gasteiger partial charge in [-0.25, -0.2) is 4.98 Å². The van der Waals surface area contributed by atoms with Crippen LogP contribution in [-0.4, -0.2) is 38.8 Å². The Balaban J connectivity index is 0.00000364. The first-order valence-electron chi connectivity index (χ1n) is 8.43. The summed E-state index contributed by atoms with van der Waals surface area (Å²) in [5.74, 6) is 2.83. The van der Waals surface area contributed by atoms with Crippen molar-refractivity contribution in [3.05, 3.63) is 47.7 Å². The van der Waals surface area contributed by atoms with Gasteiger partial charge >= 0.3 is 0 Å². The molecular weight excluding hydrogens is 459 g/mol. The van der Waals surface area contributed by atoms with Crippen LogP contribution in [-0.2, 0) is 13.1 Å². The number of pyridine rings is 1. The van der Waals surface area contributed by atoms with Gasteiger partial charge in [0, 0.05) is 43.5 Å². The molecule has 2 aromatic rings. The summed E-state index contributed by atoms with van der Waals surface area (Å²) < 4.78 is 16.2. The van der Waals surface area contributed by atoms with Gasteiger partial charge in [0.15, 0.2) is 5.96 Å². The van der Waals surface area contributed by atoms with Crippen LogP contribution in [0.15, 0.2) is 41.5 Å². The topological polar surface area (TPSA) is 77.0 Å². The molecule has 0 aliphatic carbocycles. The molecule has 0 radical (unpaired) electrons. The summed E-state index contributed by atoms with van der Waals surface area (Å²) in [5, 5.41) is 6.54. The van der Waals surface area contributed by atoms with Crippen LogP contribution in [0, 0.1) is 0 Å².